The van der Waals surface area contributed by atoms with Crippen LogP contribution in [0.4, 0.5) is 24.8 Å². The van der Waals surface area contributed by atoms with Crippen LogP contribution >= 0.6 is 11.3 Å². The van der Waals surface area contributed by atoms with E-state index in [1.165, 1.54) is 35.6 Å². The van der Waals surface area contributed by atoms with E-state index in [0.717, 1.165) is 0 Å². The van der Waals surface area contributed by atoms with Crippen molar-refractivity contribution < 1.29 is 22.8 Å². The first-order valence-corrected chi connectivity index (χ1v) is 7.97. The maximum Gasteiger partial charge on any atom is 0.451 e. The van der Waals surface area contributed by atoms with Crippen molar-refractivity contribution in [3.05, 3.63) is 58.0 Å². The molecule has 0 atom stereocenters. The number of hydrogen-bond donors (Lipinski definition) is 3. The van der Waals surface area contributed by atoms with Gasteiger partial charge in [-0.2, -0.15) is 18.2 Å². The van der Waals surface area contributed by atoms with Gasteiger partial charge in [-0.05, 0) is 35.7 Å². The molecule has 0 spiro atoms. The third kappa shape index (κ3) is 4.06. The summed E-state index contributed by atoms with van der Waals surface area (Å²) in [4.78, 5) is 27.6. The van der Waals surface area contributed by atoms with Crippen molar-refractivity contribution in [1.82, 2.24) is 15.2 Å². The molecular weight excluding hydrogens is 371 g/mol. The van der Waals surface area contributed by atoms with Gasteiger partial charge >= 0.3 is 6.18 Å². The third-order valence-electron chi connectivity index (χ3n) is 3.13. The number of carbonyl (C=O) groups excluding carboxylic acids is 2. The van der Waals surface area contributed by atoms with E-state index < -0.39 is 23.9 Å². The Hall–Kier alpha value is -3.21. The normalized spacial score (nSPS) is 11.2. The van der Waals surface area contributed by atoms with Crippen molar-refractivity contribution >= 4 is 34.8 Å². The fourth-order valence-electron chi connectivity index (χ4n) is 1.92. The number of carbonyl (C=O) groups is 2. The molecular formula is C15H10F3N5O2S. The molecule has 0 aliphatic rings. The summed E-state index contributed by atoms with van der Waals surface area (Å²) in [5.41, 5.74) is 0.634. The Bertz CT molecular complexity index is 920. The Morgan fingerprint density at radius 1 is 1.04 bits per heavy atom. The van der Waals surface area contributed by atoms with Gasteiger partial charge in [0, 0.05) is 11.3 Å². The minimum absolute atomic E-state index is 0.164. The number of amides is 2. The number of aromatic nitrogens is 3. The Kier molecular flexibility index (Phi) is 4.71. The lowest BCUT2D eigenvalue weighted by molar-refractivity contribution is -0.144. The molecule has 134 valence electrons. The molecule has 0 aliphatic heterocycles. The number of nitrogens with one attached hydrogen (secondary N) is 3. The molecule has 0 saturated carbocycles. The monoisotopic (exact) mass is 381 g/mol. The number of hydrogen-bond acceptors (Lipinski definition) is 5. The number of thiophene rings is 1. The number of benzene rings is 1. The molecule has 2 aromatic heterocycles. The van der Waals surface area contributed by atoms with Gasteiger partial charge in [0.2, 0.25) is 11.8 Å². The summed E-state index contributed by atoms with van der Waals surface area (Å²) >= 11 is 1.29. The summed E-state index contributed by atoms with van der Waals surface area (Å²) in [6, 6.07) is 9.25. The van der Waals surface area contributed by atoms with Gasteiger partial charge in [-0.15, -0.1) is 16.4 Å². The minimum Gasteiger partial charge on any atom is -0.321 e. The van der Waals surface area contributed by atoms with E-state index in [4.69, 9.17) is 0 Å². The van der Waals surface area contributed by atoms with Gasteiger partial charge in [0.1, 0.15) is 0 Å². The van der Waals surface area contributed by atoms with Crippen LogP contribution < -0.4 is 10.6 Å². The molecule has 11 heteroatoms. The van der Waals surface area contributed by atoms with Gasteiger partial charge in [0.05, 0.1) is 4.88 Å². The quantitative estimate of drug-likeness (QED) is 0.645. The average Bonchev–Trinajstić information content (AvgIpc) is 3.26. The molecule has 0 unspecified atom stereocenters. The molecule has 3 aromatic rings. The Morgan fingerprint density at radius 3 is 2.35 bits per heavy atom. The van der Waals surface area contributed by atoms with Crippen molar-refractivity contribution in [2.45, 2.75) is 6.18 Å². The van der Waals surface area contributed by atoms with Crippen LogP contribution in [0.5, 0.6) is 0 Å². The van der Waals surface area contributed by atoms with Crippen LogP contribution in [-0.2, 0) is 6.18 Å². The van der Waals surface area contributed by atoms with Crippen molar-refractivity contribution in [2.24, 2.45) is 0 Å². The highest BCUT2D eigenvalue weighted by Gasteiger charge is 2.35. The zero-order valence-corrected chi connectivity index (χ0v) is 13.6. The van der Waals surface area contributed by atoms with Gasteiger partial charge in [-0.1, -0.05) is 6.07 Å². The summed E-state index contributed by atoms with van der Waals surface area (Å²) < 4.78 is 37.3. The van der Waals surface area contributed by atoms with E-state index in [0.29, 0.717) is 10.6 Å². The molecule has 3 N–H and O–H groups in total. The van der Waals surface area contributed by atoms with E-state index in [1.807, 2.05) is 0 Å². The van der Waals surface area contributed by atoms with Crippen molar-refractivity contribution in [1.29, 1.82) is 0 Å². The highest BCUT2D eigenvalue weighted by atomic mass is 32.1. The van der Waals surface area contributed by atoms with Crippen LogP contribution in [0.25, 0.3) is 0 Å². The number of nitrogens with zero attached hydrogens (tertiary/aromatic N) is 2. The molecule has 0 aliphatic carbocycles. The SMILES string of the molecule is O=C(Nc1n[nH]c(C(F)(F)F)n1)c1ccc(NC(=O)c2cccs2)cc1. The second-order valence-electron chi connectivity index (χ2n) is 4.97. The first-order chi connectivity index (χ1) is 12.3. The van der Waals surface area contributed by atoms with E-state index in [2.05, 4.69) is 20.7 Å². The van der Waals surface area contributed by atoms with Crippen LogP contribution in [0, 0.1) is 0 Å². The summed E-state index contributed by atoms with van der Waals surface area (Å²) in [5, 5.41) is 11.6. The lowest BCUT2D eigenvalue weighted by Gasteiger charge is -2.05. The maximum atomic E-state index is 12.4. The summed E-state index contributed by atoms with van der Waals surface area (Å²) in [7, 11) is 0. The topological polar surface area (TPSA) is 99.8 Å². The van der Waals surface area contributed by atoms with Crippen molar-refractivity contribution in [3.8, 4) is 0 Å². The molecule has 2 amide bonds. The Labute approximate surface area is 148 Å². The first kappa shape index (κ1) is 17.6. The van der Waals surface area contributed by atoms with Crippen molar-refractivity contribution in [2.75, 3.05) is 10.6 Å². The van der Waals surface area contributed by atoms with Crippen LogP contribution in [0.15, 0.2) is 41.8 Å². The second kappa shape index (κ2) is 6.96. The number of alkyl halides is 3. The largest absolute Gasteiger partial charge is 0.451 e. The third-order valence-corrected chi connectivity index (χ3v) is 4.00. The van der Waals surface area contributed by atoms with Crippen LogP contribution in [0.3, 0.4) is 0 Å². The standard InChI is InChI=1S/C15H10F3N5O2S/c16-15(17,18)13-21-14(23-22-13)20-11(24)8-3-5-9(6-4-8)19-12(25)10-2-1-7-26-10/h1-7H,(H,19,25)(H2,20,21,22,23,24). The van der Waals surface area contributed by atoms with E-state index in [1.54, 1.807) is 22.6 Å². The van der Waals surface area contributed by atoms with Gasteiger partial charge in [-0.3, -0.25) is 20.0 Å². The lowest BCUT2D eigenvalue weighted by atomic mass is 10.2. The predicted molar refractivity (Wildman–Crippen MR) is 88.1 cm³/mol. The predicted octanol–water partition coefficient (Wildman–Crippen LogP) is 3.39. The van der Waals surface area contributed by atoms with E-state index in [-0.39, 0.29) is 11.5 Å². The Balaban J connectivity index is 1.63. The molecule has 0 saturated heterocycles. The molecule has 0 bridgehead atoms. The summed E-state index contributed by atoms with van der Waals surface area (Å²) in [5.74, 6) is -2.76. The number of aromatic amines is 1. The second-order valence-corrected chi connectivity index (χ2v) is 5.92. The highest BCUT2D eigenvalue weighted by molar-refractivity contribution is 7.12. The maximum absolute atomic E-state index is 12.4. The number of anilines is 2. The van der Waals surface area contributed by atoms with Gasteiger partial charge in [-0.25, -0.2) is 0 Å². The summed E-state index contributed by atoms with van der Waals surface area (Å²) in [6.07, 6.45) is -4.68. The van der Waals surface area contributed by atoms with Crippen LogP contribution in [0.1, 0.15) is 25.9 Å². The zero-order chi connectivity index (χ0) is 18.7. The zero-order valence-electron chi connectivity index (χ0n) is 12.8. The highest BCUT2D eigenvalue weighted by Crippen LogP contribution is 2.26. The number of H-pyrrole nitrogens is 1. The van der Waals surface area contributed by atoms with Gasteiger partial charge in [0.25, 0.3) is 11.8 Å². The smallest absolute Gasteiger partial charge is 0.321 e. The van der Waals surface area contributed by atoms with E-state index in [9.17, 15) is 22.8 Å². The molecule has 26 heavy (non-hydrogen) atoms. The first-order valence-electron chi connectivity index (χ1n) is 7.09. The molecule has 0 fully saturated rings. The van der Waals surface area contributed by atoms with Crippen LogP contribution in [0.2, 0.25) is 0 Å². The number of halogens is 3. The molecule has 0 radical (unpaired) electrons. The van der Waals surface area contributed by atoms with E-state index >= 15 is 0 Å². The molecule has 2 heterocycles. The van der Waals surface area contributed by atoms with Gasteiger partial charge < -0.3 is 5.32 Å². The number of rotatable bonds is 4. The lowest BCUT2D eigenvalue weighted by Crippen LogP contribution is -2.14. The Morgan fingerprint density at radius 2 is 1.77 bits per heavy atom. The molecule has 1 aromatic carbocycles. The molecule has 3 rings (SSSR count). The summed E-state index contributed by atoms with van der Waals surface area (Å²) in [6.45, 7) is 0. The van der Waals surface area contributed by atoms with Gasteiger partial charge in [0.15, 0.2) is 0 Å². The molecule has 7 nitrogen and oxygen atoms in total. The van der Waals surface area contributed by atoms with Crippen molar-refractivity contribution in [3.63, 3.8) is 0 Å². The van der Waals surface area contributed by atoms with Crippen LogP contribution in [-0.4, -0.2) is 27.0 Å². The average molecular weight is 381 g/mol. The fourth-order valence-corrected chi connectivity index (χ4v) is 2.54. The minimum atomic E-state index is -4.68. The fraction of sp³-hybridized carbons (Fsp3) is 0.0667.